The molecule has 2 fully saturated rings. The average Bonchev–Trinajstić information content (AvgIpc) is 2.47. The molecule has 2 rings (SSSR count). The molecule has 0 spiro atoms. The van der Waals surface area contributed by atoms with Crippen LogP contribution in [0.5, 0.6) is 0 Å². The molecular formula is C23H38O5. The Hall–Kier alpha value is -1.09. The highest BCUT2D eigenvalue weighted by Gasteiger charge is 2.63. The lowest BCUT2D eigenvalue weighted by Crippen LogP contribution is -2.73. The Kier molecular flexibility index (Phi) is 5.80. The van der Waals surface area contributed by atoms with Crippen molar-refractivity contribution >= 4 is 5.97 Å². The van der Waals surface area contributed by atoms with E-state index in [9.17, 15) is 9.90 Å². The number of rotatable bonds is 4. The summed E-state index contributed by atoms with van der Waals surface area (Å²) in [6.07, 6.45) is 0.522. The van der Waals surface area contributed by atoms with Crippen LogP contribution in [0.3, 0.4) is 0 Å². The molecule has 0 aromatic carbocycles. The predicted octanol–water partition coefficient (Wildman–Crippen LogP) is 3.58. The summed E-state index contributed by atoms with van der Waals surface area (Å²) in [6, 6.07) is 0. The monoisotopic (exact) mass is 394 g/mol. The average molecular weight is 395 g/mol. The van der Waals surface area contributed by atoms with Crippen molar-refractivity contribution in [3.8, 4) is 11.8 Å². The first kappa shape index (κ1) is 23.2. The molecule has 2 atom stereocenters. The van der Waals surface area contributed by atoms with E-state index in [0.717, 1.165) is 0 Å². The van der Waals surface area contributed by atoms with Gasteiger partial charge in [-0.2, -0.15) is 0 Å². The zero-order chi connectivity index (χ0) is 21.6. The number of hydrogen-bond acceptors (Lipinski definition) is 5. The molecular weight excluding hydrogens is 356 g/mol. The van der Waals surface area contributed by atoms with Crippen LogP contribution >= 0.6 is 0 Å². The summed E-state index contributed by atoms with van der Waals surface area (Å²) in [7, 11) is 0. The van der Waals surface area contributed by atoms with Crippen LogP contribution in [0.15, 0.2) is 0 Å². The van der Waals surface area contributed by atoms with E-state index in [0.29, 0.717) is 32.8 Å². The van der Waals surface area contributed by atoms with Gasteiger partial charge in [-0.1, -0.05) is 47.5 Å². The molecule has 2 heterocycles. The molecule has 2 unspecified atom stereocenters. The first-order valence-corrected chi connectivity index (χ1v) is 10.1. The molecule has 0 aromatic heterocycles. The Morgan fingerprint density at radius 3 is 1.96 bits per heavy atom. The van der Waals surface area contributed by atoms with Crippen molar-refractivity contribution in [1.82, 2.24) is 0 Å². The maximum Gasteiger partial charge on any atom is 0.384 e. The van der Waals surface area contributed by atoms with Crippen LogP contribution in [0.1, 0.15) is 68.7 Å². The summed E-state index contributed by atoms with van der Waals surface area (Å²) in [4.78, 5) is 12.2. The van der Waals surface area contributed by atoms with E-state index in [2.05, 4.69) is 32.6 Å². The molecule has 2 saturated heterocycles. The van der Waals surface area contributed by atoms with Crippen LogP contribution in [-0.4, -0.2) is 48.7 Å². The quantitative estimate of drug-likeness (QED) is 0.449. The molecule has 0 radical (unpaired) electrons. The predicted molar refractivity (Wildman–Crippen MR) is 109 cm³/mol. The lowest BCUT2D eigenvalue weighted by molar-refractivity contribution is -0.339. The zero-order valence-corrected chi connectivity index (χ0v) is 19.1. The number of esters is 1. The molecule has 28 heavy (non-hydrogen) atoms. The molecule has 0 bridgehead atoms. The molecule has 2 aliphatic rings. The normalized spacial score (nSPS) is 29.8. The number of carbonyl (C=O) groups excluding carboxylic acids is 1. The molecule has 0 saturated carbocycles. The third kappa shape index (κ3) is 4.10. The van der Waals surface area contributed by atoms with Gasteiger partial charge in [-0.05, 0) is 38.0 Å². The number of ether oxygens (including phenoxy) is 3. The van der Waals surface area contributed by atoms with Crippen LogP contribution in [0.2, 0.25) is 0 Å². The molecule has 0 aliphatic carbocycles. The Morgan fingerprint density at radius 2 is 1.61 bits per heavy atom. The van der Waals surface area contributed by atoms with Gasteiger partial charge < -0.3 is 19.3 Å². The van der Waals surface area contributed by atoms with Crippen LogP contribution in [0, 0.1) is 33.5 Å². The summed E-state index contributed by atoms with van der Waals surface area (Å²) in [5, 5.41) is 11.1. The highest BCUT2D eigenvalue weighted by molar-refractivity contribution is 5.88. The van der Waals surface area contributed by atoms with E-state index in [1.807, 2.05) is 41.5 Å². The van der Waals surface area contributed by atoms with E-state index < -0.39 is 22.6 Å². The minimum absolute atomic E-state index is 0.00814. The Balaban J connectivity index is 2.00. The standard InChI is InChI=1S/C23H38O5/c1-18(2,3)22(13-26-14-22)15-27-17(24)10-11-20(7,8)12-21(9)23(25,16-28-21)19(4,5)6/h25H,12-16H2,1-9H3. The molecule has 2 aliphatic heterocycles. The third-order valence-electron chi connectivity index (χ3n) is 6.82. The number of hydrogen-bond donors (Lipinski definition) is 1. The second-order valence-electron chi connectivity index (χ2n) is 11.5. The van der Waals surface area contributed by atoms with Gasteiger partial charge in [-0.15, -0.1) is 0 Å². The molecule has 5 nitrogen and oxygen atoms in total. The summed E-state index contributed by atoms with van der Waals surface area (Å²) in [5.41, 5.74) is -2.60. The first-order chi connectivity index (χ1) is 12.5. The lowest BCUT2D eigenvalue weighted by atomic mass is 9.60. The summed E-state index contributed by atoms with van der Waals surface area (Å²) in [6.45, 7) is 20.1. The highest BCUT2D eigenvalue weighted by atomic mass is 16.6. The minimum atomic E-state index is -0.928. The summed E-state index contributed by atoms with van der Waals surface area (Å²) < 4.78 is 16.6. The fourth-order valence-electron chi connectivity index (χ4n) is 4.09. The van der Waals surface area contributed by atoms with E-state index in [4.69, 9.17) is 14.2 Å². The van der Waals surface area contributed by atoms with Gasteiger partial charge in [0.25, 0.3) is 0 Å². The minimum Gasteiger partial charge on any atom is -0.455 e. The zero-order valence-electron chi connectivity index (χ0n) is 19.1. The van der Waals surface area contributed by atoms with Crippen LogP contribution in [-0.2, 0) is 19.0 Å². The molecule has 0 amide bonds. The third-order valence-corrected chi connectivity index (χ3v) is 6.82. The van der Waals surface area contributed by atoms with Crippen molar-refractivity contribution in [2.24, 2.45) is 21.7 Å². The van der Waals surface area contributed by atoms with Gasteiger partial charge in [0.1, 0.15) is 12.2 Å². The second-order valence-corrected chi connectivity index (χ2v) is 11.5. The Labute approximate surface area is 170 Å². The SMILES string of the molecule is CC(C)(C#CC(=O)OCC1(C(C)(C)C)COC1)CC1(C)OCC1(O)C(C)(C)C. The van der Waals surface area contributed by atoms with E-state index in [1.54, 1.807) is 0 Å². The van der Waals surface area contributed by atoms with Gasteiger partial charge in [0.15, 0.2) is 0 Å². The van der Waals surface area contributed by atoms with Crippen molar-refractivity contribution in [3.63, 3.8) is 0 Å². The van der Waals surface area contributed by atoms with Gasteiger partial charge in [0.2, 0.25) is 0 Å². The smallest absolute Gasteiger partial charge is 0.384 e. The Bertz CT molecular complexity index is 666. The van der Waals surface area contributed by atoms with E-state index in [-0.39, 0.29) is 16.2 Å². The molecule has 1 N–H and O–H groups in total. The fourth-order valence-corrected chi connectivity index (χ4v) is 4.09. The van der Waals surface area contributed by atoms with Crippen LogP contribution in [0.4, 0.5) is 0 Å². The molecule has 160 valence electrons. The lowest BCUT2D eigenvalue weighted by Gasteiger charge is -2.61. The van der Waals surface area contributed by atoms with Gasteiger partial charge in [-0.25, -0.2) is 4.79 Å². The van der Waals surface area contributed by atoms with Gasteiger partial charge in [0, 0.05) is 11.3 Å². The Morgan fingerprint density at radius 1 is 1.04 bits per heavy atom. The van der Waals surface area contributed by atoms with Crippen molar-refractivity contribution in [1.29, 1.82) is 0 Å². The van der Waals surface area contributed by atoms with E-state index >= 15 is 0 Å². The van der Waals surface area contributed by atoms with Crippen LogP contribution in [0.25, 0.3) is 0 Å². The van der Waals surface area contributed by atoms with Crippen LogP contribution < -0.4 is 0 Å². The van der Waals surface area contributed by atoms with Crippen molar-refractivity contribution < 1.29 is 24.1 Å². The molecule has 0 aromatic rings. The fraction of sp³-hybridized carbons (Fsp3) is 0.870. The van der Waals surface area contributed by atoms with Gasteiger partial charge >= 0.3 is 5.97 Å². The number of carbonyl (C=O) groups is 1. The van der Waals surface area contributed by atoms with Crippen molar-refractivity contribution in [2.45, 2.75) is 79.9 Å². The first-order valence-electron chi connectivity index (χ1n) is 10.1. The highest BCUT2D eigenvalue weighted by Crippen LogP contribution is 2.52. The molecule has 5 heteroatoms. The van der Waals surface area contributed by atoms with Gasteiger partial charge in [0.05, 0.1) is 30.8 Å². The van der Waals surface area contributed by atoms with Crippen molar-refractivity contribution in [3.05, 3.63) is 0 Å². The van der Waals surface area contributed by atoms with Crippen molar-refractivity contribution in [2.75, 3.05) is 26.4 Å². The summed E-state index contributed by atoms with van der Waals surface area (Å²) in [5.74, 6) is 5.16. The second kappa shape index (κ2) is 7.00. The topological polar surface area (TPSA) is 65.0 Å². The maximum absolute atomic E-state index is 12.2. The van der Waals surface area contributed by atoms with E-state index in [1.165, 1.54) is 0 Å². The maximum atomic E-state index is 12.2. The summed E-state index contributed by atoms with van der Waals surface area (Å²) >= 11 is 0. The van der Waals surface area contributed by atoms with Gasteiger partial charge in [-0.3, -0.25) is 0 Å². The number of aliphatic hydroxyl groups is 1. The largest absolute Gasteiger partial charge is 0.455 e.